The molecule has 0 unspecified atom stereocenters. The van der Waals surface area contributed by atoms with Gasteiger partial charge in [-0.1, -0.05) is 19.1 Å². The summed E-state index contributed by atoms with van der Waals surface area (Å²) >= 11 is 1.19. The van der Waals surface area contributed by atoms with Gasteiger partial charge in [-0.25, -0.2) is 14.2 Å². The number of aryl methyl sites for hydroxylation is 1. The number of carbonyl (C=O) groups is 1. The summed E-state index contributed by atoms with van der Waals surface area (Å²) in [5.74, 6) is -1.30. The molecule has 0 amide bonds. The zero-order chi connectivity index (χ0) is 13.1. The lowest BCUT2D eigenvalue weighted by Crippen LogP contribution is -2.00. The maximum Gasteiger partial charge on any atom is 0.347 e. The van der Waals surface area contributed by atoms with Gasteiger partial charge in [-0.05, 0) is 24.1 Å². The number of hydrogen-bond acceptors (Lipinski definition) is 3. The first-order chi connectivity index (χ1) is 8.60. The SMILES string of the molecule is CCc1nc(Cc2cccc(F)c2)c(C(=O)O)s1. The van der Waals surface area contributed by atoms with E-state index in [-0.39, 0.29) is 10.7 Å². The second-order valence-corrected chi connectivity index (χ2v) is 4.93. The molecule has 94 valence electrons. The minimum Gasteiger partial charge on any atom is -0.477 e. The van der Waals surface area contributed by atoms with E-state index in [1.807, 2.05) is 6.92 Å². The van der Waals surface area contributed by atoms with Crippen LogP contribution in [0.2, 0.25) is 0 Å². The lowest BCUT2D eigenvalue weighted by molar-refractivity contribution is 0.0701. The van der Waals surface area contributed by atoms with Gasteiger partial charge in [-0.3, -0.25) is 0 Å². The Morgan fingerprint density at radius 3 is 2.89 bits per heavy atom. The zero-order valence-electron chi connectivity index (χ0n) is 9.81. The molecule has 1 N–H and O–H groups in total. The molecule has 5 heteroatoms. The molecule has 0 aliphatic heterocycles. The molecule has 3 nitrogen and oxygen atoms in total. The number of thiazole rings is 1. The molecular formula is C13H12FNO2S. The number of carboxylic acids is 1. The number of halogens is 1. The first kappa shape index (κ1) is 12.7. The molecule has 0 aliphatic carbocycles. The topological polar surface area (TPSA) is 50.2 Å². The van der Waals surface area contributed by atoms with Gasteiger partial charge in [0.25, 0.3) is 0 Å². The molecule has 0 radical (unpaired) electrons. The van der Waals surface area contributed by atoms with E-state index in [0.29, 0.717) is 18.5 Å². The van der Waals surface area contributed by atoms with E-state index in [4.69, 9.17) is 5.11 Å². The maximum absolute atomic E-state index is 13.1. The van der Waals surface area contributed by atoms with Crippen molar-refractivity contribution in [1.29, 1.82) is 0 Å². The summed E-state index contributed by atoms with van der Waals surface area (Å²) in [5.41, 5.74) is 1.24. The molecule has 0 saturated heterocycles. The summed E-state index contributed by atoms with van der Waals surface area (Å²) in [6.45, 7) is 1.93. The van der Waals surface area contributed by atoms with Crippen molar-refractivity contribution >= 4 is 17.3 Å². The van der Waals surface area contributed by atoms with Gasteiger partial charge >= 0.3 is 5.97 Å². The van der Waals surface area contributed by atoms with E-state index >= 15 is 0 Å². The first-order valence-corrected chi connectivity index (χ1v) is 6.38. The summed E-state index contributed by atoms with van der Waals surface area (Å²) in [7, 11) is 0. The number of rotatable bonds is 4. The van der Waals surface area contributed by atoms with Crippen molar-refractivity contribution in [2.24, 2.45) is 0 Å². The Hall–Kier alpha value is -1.75. The fourth-order valence-corrected chi connectivity index (χ4v) is 2.54. The highest BCUT2D eigenvalue weighted by Gasteiger charge is 2.16. The molecule has 2 rings (SSSR count). The van der Waals surface area contributed by atoms with E-state index < -0.39 is 5.97 Å². The number of nitrogens with zero attached hydrogens (tertiary/aromatic N) is 1. The maximum atomic E-state index is 13.1. The monoisotopic (exact) mass is 265 g/mol. The molecule has 1 aromatic carbocycles. The lowest BCUT2D eigenvalue weighted by atomic mass is 10.1. The van der Waals surface area contributed by atoms with Gasteiger partial charge in [0.1, 0.15) is 10.7 Å². The standard InChI is InChI=1S/C13H12FNO2S/c1-2-11-15-10(12(18-11)13(16)17)7-8-4-3-5-9(14)6-8/h3-6H,2,7H2,1H3,(H,16,17). The molecule has 2 aromatic rings. The number of carboxylic acid groups (broad SMARTS) is 1. The van der Waals surface area contributed by atoms with Gasteiger partial charge in [-0.15, -0.1) is 11.3 Å². The third-order valence-corrected chi connectivity index (χ3v) is 3.73. The minimum absolute atomic E-state index is 0.246. The van der Waals surface area contributed by atoms with Crippen molar-refractivity contribution in [3.63, 3.8) is 0 Å². The first-order valence-electron chi connectivity index (χ1n) is 5.56. The fourth-order valence-electron chi connectivity index (χ4n) is 1.68. The molecule has 1 heterocycles. The molecule has 0 fully saturated rings. The van der Waals surface area contributed by atoms with E-state index in [1.54, 1.807) is 12.1 Å². The normalized spacial score (nSPS) is 10.6. The average molecular weight is 265 g/mol. The van der Waals surface area contributed by atoms with E-state index in [2.05, 4.69) is 4.98 Å². The third kappa shape index (κ3) is 2.73. The minimum atomic E-state index is -0.974. The Kier molecular flexibility index (Phi) is 3.72. The Morgan fingerprint density at radius 2 is 2.28 bits per heavy atom. The van der Waals surface area contributed by atoms with Crippen LogP contribution in [0.15, 0.2) is 24.3 Å². The van der Waals surface area contributed by atoms with E-state index in [0.717, 1.165) is 10.6 Å². The van der Waals surface area contributed by atoms with Crippen LogP contribution in [-0.4, -0.2) is 16.1 Å². The number of hydrogen-bond donors (Lipinski definition) is 1. The van der Waals surface area contributed by atoms with Crippen LogP contribution in [0.1, 0.15) is 32.9 Å². The molecule has 0 atom stereocenters. The highest BCUT2D eigenvalue weighted by molar-refractivity contribution is 7.13. The van der Waals surface area contributed by atoms with Crippen molar-refractivity contribution in [2.75, 3.05) is 0 Å². The number of aromatic carboxylic acids is 1. The number of aromatic nitrogens is 1. The third-order valence-electron chi connectivity index (χ3n) is 2.50. The van der Waals surface area contributed by atoms with Crippen LogP contribution in [0.4, 0.5) is 4.39 Å². The van der Waals surface area contributed by atoms with E-state index in [9.17, 15) is 9.18 Å². The van der Waals surface area contributed by atoms with Gasteiger partial charge in [0, 0.05) is 6.42 Å². The lowest BCUT2D eigenvalue weighted by Gasteiger charge is -2.00. The van der Waals surface area contributed by atoms with Gasteiger partial charge in [0.15, 0.2) is 0 Å². The summed E-state index contributed by atoms with van der Waals surface area (Å²) in [4.78, 5) is 15.6. The van der Waals surface area contributed by atoms with Crippen LogP contribution < -0.4 is 0 Å². The summed E-state index contributed by atoms with van der Waals surface area (Å²) in [6, 6.07) is 6.13. The largest absolute Gasteiger partial charge is 0.477 e. The molecule has 1 aromatic heterocycles. The zero-order valence-corrected chi connectivity index (χ0v) is 10.6. The van der Waals surface area contributed by atoms with Crippen LogP contribution in [0.3, 0.4) is 0 Å². The van der Waals surface area contributed by atoms with Gasteiger partial charge in [0.05, 0.1) is 10.7 Å². The molecular weight excluding hydrogens is 253 g/mol. The van der Waals surface area contributed by atoms with Crippen molar-refractivity contribution in [3.8, 4) is 0 Å². The molecule has 0 aliphatic rings. The van der Waals surface area contributed by atoms with Crippen molar-refractivity contribution in [3.05, 3.63) is 51.2 Å². The smallest absolute Gasteiger partial charge is 0.347 e. The van der Waals surface area contributed by atoms with Gasteiger partial charge in [0.2, 0.25) is 0 Å². The predicted molar refractivity (Wildman–Crippen MR) is 67.7 cm³/mol. The second-order valence-electron chi connectivity index (χ2n) is 3.85. The van der Waals surface area contributed by atoms with E-state index in [1.165, 1.54) is 23.5 Å². The second kappa shape index (κ2) is 5.27. The Balaban J connectivity index is 2.33. The molecule has 0 spiro atoms. The van der Waals surface area contributed by atoms with Gasteiger partial charge < -0.3 is 5.11 Å². The summed E-state index contributed by atoms with van der Waals surface area (Å²) < 4.78 is 13.1. The summed E-state index contributed by atoms with van der Waals surface area (Å²) in [6.07, 6.45) is 1.05. The Morgan fingerprint density at radius 1 is 1.50 bits per heavy atom. The highest BCUT2D eigenvalue weighted by atomic mass is 32.1. The Labute approximate surface area is 108 Å². The van der Waals surface area contributed by atoms with Crippen LogP contribution >= 0.6 is 11.3 Å². The molecule has 18 heavy (non-hydrogen) atoms. The highest BCUT2D eigenvalue weighted by Crippen LogP contribution is 2.22. The van der Waals surface area contributed by atoms with Crippen LogP contribution in [0, 0.1) is 5.82 Å². The molecule has 0 bridgehead atoms. The fraction of sp³-hybridized carbons (Fsp3) is 0.231. The average Bonchev–Trinajstić information content (AvgIpc) is 2.72. The predicted octanol–water partition coefficient (Wildman–Crippen LogP) is 3.13. The van der Waals surface area contributed by atoms with Crippen molar-refractivity contribution in [1.82, 2.24) is 4.98 Å². The Bertz CT molecular complexity index is 580. The van der Waals surface area contributed by atoms with Crippen molar-refractivity contribution < 1.29 is 14.3 Å². The summed E-state index contributed by atoms with van der Waals surface area (Å²) in [5, 5.41) is 9.89. The van der Waals surface area contributed by atoms with Crippen LogP contribution in [0.5, 0.6) is 0 Å². The molecule has 0 saturated carbocycles. The quantitative estimate of drug-likeness (QED) is 0.924. The van der Waals surface area contributed by atoms with Gasteiger partial charge in [-0.2, -0.15) is 0 Å². The van der Waals surface area contributed by atoms with Crippen LogP contribution in [0.25, 0.3) is 0 Å². The van der Waals surface area contributed by atoms with Crippen LogP contribution in [-0.2, 0) is 12.8 Å². The number of benzene rings is 1. The van der Waals surface area contributed by atoms with Crippen molar-refractivity contribution in [2.45, 2.75) is 19.8 Å².